The summed E-state index contributed by atoms with van der Waals surface area (Å²) in [5, 5.41) is 4.16. The molecule has 1 N–H and O–H groups in total. The SMILES string of the molecule is Cn1nccc1[C@H]1CCC[C@@]1(C)Oc1ccc(S(=O)(=O)Nc2ccncn2)cc1C(F)(F)F. The Kier molecular flexibility index (Phi) is 5.81. The molecule has 2 heterocycles. The van der Waals surface area contributed by atoms with E-state index >= 15 is 0 Å². The molecule has 12 heteroatoms. The number of aryl methyl sites for hydroxylation is 1. The normalized spacial score (nSPS) is 21.2. The van der Waals surface area contributed by atoms with E-state index < -0.39 is 38.0 Å². The Balaban J connectivity index is 1.69. The van der Waals surface area contributed by atoms with Gasteiger partial charge in [0, 0.05) is 31.1 Å². The lowest BCUT2D eigenvalue weighted by Crippen LogP contribution is -2.36. The first-order valence-corrected chi connectivity index (χ1v) is 11.6. The number of hydrogen-bond acceptors (Lipinski definition) is 6. The summed E-state index contributed by atoms with van der Waals surface area (Å²) in [6, 6.07) is 5.85. The van der Waals surface area contributed by atoms with Crippen molar-refractivity contribution in [3.05, 3.63) is 60.3 Å². The van der Waals surface area contributed by atoms with E-state index in [0.717, 1.165) is 37.0 Å². The second kappa shape index (κ2) is 8.32. The molecule has 1 fully saturated rings. The molecule has 1 aromatic carbocycles. The predicted octanol–water partition coefficient (Wildman–Crippen LogP) is 4.13. The summed E-state index contributed by atoms with van der Waals surface area (Å²) in [6.45, 7) is 1.78. The number of benzene rings is 1. The van der Waals surface area contributed by atoms with E-state index in [9.17, 15) is 21.6 Å². The zero-order valence-electron chi connectivity index (χ0n) is 17.9. The highest BCUT2D eigenvalue weighted by atomic mass is 32.2. The van der Waals surface area contributed by atoms with Gasteiger partial charge in [0.25, 0.3) is 10.0 Å². The maximum atomic E-state index is 13.9. The maximum Gasteiger partial charge on any atom is 0.420 e. The van der Waals surface area contributed by atoms with Crippen LogP contribution in [0.5, 0.6) is 5.75 Å². The highest BCUT2D eigenvalue weighted by molar-refractivity contribution is 7.92. The molecule has 2 aromatic heterocycles. The van der Waals surface area contributed by atoms with Crippen LogP contribution in [-0.4, -0.2) is 33.8 Å². The summed E-state index contributed by atoms with van der Waals surface area (Å²) in [5.41, 5.74) is -1.20. The lowest BCUT2D eigenvalue weighted by molar-refractivity contribution is -0.140. The fourth-order valence-corrected chi connectivity index (χ4v) is 5.27. The Morgan fingerprint density at radius 3 is 2.64 bits per heavy atom. The Morgan fingerprint density at radius 2 is 2.00 bits per heavy atom. The van der Waals surface area contributed by atoms with Gasteiger partial charge in [0.2, 0.25) is 0 Å². The van der Waals surface area contributed by atoms with Gasteiger partial charge in [-0.2, -0.15) is 18.3 Å². The average Bonchev–Trinajstić information content (AvgIpc) is 3.32. The van der Waals surface area contributed by atoms with E-state index in [1.54, 1.807) is 24.9 Å². The van der Waals surface area contributed by atoms with Crippen molar-refractivity contribution in [3.63, 3.8) is 0 Å². The number of aromatic nitrogens is 4. The Labute approximate surface area is 188 Å². The first-order chi connectivity index (χ1) is 15.5. The van der Waals surface area contributed by atoms with Crippen molar-refractivity contribution in [2.24, 2.45) is 7.05 Å². The quantitative estimate of drug-likeness (QED) is 0.568. The van der Waals surface area contributed by atoms with Crippen LogP contribution in [0.3, 0.4) is 0 Å². The van der Waals surface area contributed by atoms with Gasteiger partial charge in [0.1, 0.15) is 23.5 Å². The molecule has 3 aromatic rings. The molecule has 176 valence electrons. The number of sulfonamides is 1. The van der Waals surface area contributed by atoms with E-state index in [2.05, 4.69) is 19.8 Å². The molecule has 2 atom stereocenters. The number of rotatable bonds is 6. The smallest absolute Gasteiger partial charge is 0.420 e. The summed E-state index contributed by atoms with van der Waals surface area (Å²) in [6.07, 6.45) is 1.32. The zero-order chi connectivity index (χ0) is 23.9. The van der Waals surface area contributed by atoms with E-state index in [0.29, 0.717) is 12.5 Å². The van der Waals surface area contributed by atoms with Crippen molar-refractivity contribution in [1.82, 2.24) is 19.7 Å². The van der Waals surface area contributed by atoms with Crippen LogP contribution in [0.2, 0.25) is 0 Å². The number of halogens is 3. The molecule has 8 nitrogen and oxygen atoms in total. The molecule has 4 rings (SSSR count). The molecule has 0 radical (unpaired) electrons. The molecule has 1 saturated carbocycles. The van der Waals surface area contributed by atoms with Gasteiger partial charge in [-0.3, -0.25) is 9.40 Å². The van der Waals surface area contributed by atoms with Crippen LogP contribution in [0.1, 0.15) is 43.4 Å². The van der Waals surface area contributed by atoms with E-state index in [4.69, 9.17) is 4.74 Å². The third-order valence-electron chi connectivity index (χ3n) is 5.85. The number of anilines is 1. The third-order valence-corrected chi connectivity index (χ3v) is 7.20. The summed E-state index contributed by atoms with van der Waals surface area (Å²) in [5.74, 6) is -0.634. The predicted molar refractivity (Wildman–Crippen MR) is 113 cm³/mol. The van der Waals surface area contributed by atoms with Gasteiger partial charge in [-0.15, -0.1) is 0 Å². The second-order valence-electron chi connectivity index (χ2n) is 8.10. The van der Waals surface area contributed by atoms with Crippen LogP contribution >= 0.6 is 0 Å². The average molecular weight is 482 g/mol. The molecular weight excluding hydrogens is 459 g/mol. The molecule has 0 saturated heterocycles. The molecule has 0 aliphatic heterocycles. The summed E-state index contributed by atoms with van der Waals surface area (Å²) in [7, 11) is -2.54. The van der Waals surface area contributed by atoms with E-state index in [1.165, 1.54) is 12.3 Å². The topological polar surface area (TPSA) is 99.0 Å². The minimum absolute atomic E-state index is 0.0589. The lowest BCUT2D eigenvalue weighted by Gasteiger charge is -2.33. The van der Waals surface area contributed by atoms with Crippen LogP contribution < -0.4 is 9.46 Å². The summed E-state index contributed by atoms with van der Waals surface area (Å²) < 4.78 is 77.0. The Morgan fingerprint density at radius 1 is 1.21 bits per heavy atom. The molecule has 1 aliphatic carbocycles. The van der Waals surface area contributed by atoms with E-state index in [1.807, 2.05) is 6.07 Å². The van der Waals surface area contributed by atoms with Crippen LogP contribution in [-0.2, 0) is 23.2 Å². The Bertz CT molecular complexity index is 1250. The van der Waals surface area contributed by atoms with Gasteiger partial charge in [0.05, 0.1) is 10.5 Å². The fourth-order valence-electron chi connectivity index (χ4n) is 4.23. The number of hydrogen-bond donors (Lipinski definition) is 1. The van der Waals surface area contributed by atoms with Gasteiger partial charge in [-0.1, -0.05) is 0 Å². The number of ether oxygens (including phenoxy) is 1. The van der Waals surface area contributed by atoms with Crippen LogP contribution in [0.25, 0.3) is 0 Å². The van der Waals surface area contributed by atoms with Crippen molar-refractivity contribution in [2.75, 3.05) is 4.72 Å². The van der Waals surface area contributed by atoms with Crippen LogP contribution in [0, 0.1) is 0 Å². The number of nitrogens with zero attached hydrogens (tertiary/aromatic N) is 4. The van der Waals surface area contributed by atoms with Gasteiger partial charge in [0.15, 0.2) is 0 Å². The second-order valence-corrected chi connectivity index (χ2v) is 9.78. The van der Waals surface area contributed by atoms with Gasteiger partial charge >= 0.3 is 6.18 Å². The lowest BCUT2D eigenvalue weighted by atomic mass is 9.89. The third kappa shape index (κ3) is 4.65. The molecule has 0 bridgehead atoms. The molecule has 33 heavy (non-hydrogen) atoms. The van der Waals surface area contributed by atoms with Crippen molar-refractivity contribution in [2.45, 2.75) is 48.8 Å². The highest BCUT2D eigenvalue weighted by Crippen LogP contribution is 2.47. The largest absolute Gasteiger partial charge is 0.486 e. The monoisotopic (exact) mass is 481 g/mol. The standard InChI is InChI=1S/C21H22F3N5O3S/c1-20(9-3-4-15(20)17-7-11-27-29(17)2)32-18-6-5-14(12-16(18)21(22,23)24)33(30,31)28-19-8-10-25-13-26-19/h5-8,10-13,15H,3-4,9H2,1-2H3,(H,25,26,28)/t15-,20-/m1/s1. The minimum Gasteiger partial charge on any atom is -0.486 e. The molecule has 0 unspecified atom stereocenters. The van der Waals surface area contributed by atoms with Crippen LogP contribution in [0.15, 0.2) is 53.9 Å². The number of alkyl halides is 3. The van der Waals surface area contributed by atoms with Crippen molar-refractivity contribution < 1.29 is 26.3 Å². The first-order valence-electron chi connectivity index (χ1n) is 10.2. The van der Waals surface area contributed by atoms with Crippen molar-refractivity contribution in [3.8, 4) is 5.75 Å². The zero-order valence-corrected chi connectivity index (χ0v) is 18.7. The number of nitrogens with one attached hydrogen (secondary N) is 1. The molecule has 0 amide bonds. The van der Waals surface area contributed by atoms with Gasteiger partial charge < -0.3 is 4.74 Å². The fraction of sp³-hybridized carbons (Fsp3) is 0.381. The maximum absolute atomic E-state index is 13.9. The Hall–Kier alpha value is -3.15. The summed E-state index contributed by atoms with van der Waals surface area (Å²) >= 11 is 0. The molecule has 1 aliphatic rings. The highest BCUT2D eigenvalue weighted by Gasteiger charge is 2.45. The van der Waals surface area contributed by atoms with E-state index in [-0.39, 0.29) is 11.7 Å². The molecule has 0 spiro atoms. The minimum atomic E-state index is -4.83. The van der Waals surface area contributed by atoms with Crippen molar-refractivity contribution >= 4 is 15.8 Å². The first kappa shape index (κ1) is 23.0. The van der Waals surface area contributed by atoms with Crippen LogP contribution in [0.4, 0.5) is 19.0 Å². The summed E-state index contributed by atoms with van der Waals surface area (Å²) in [4.78, 5) is 6.86. The van der Waals surface area contributed by atoms with Gasteiger partial charge in [-0.05, 0) is 56.5 Å². The van der Waals surface area contributed by atoms with Gasteiger partial charge in [-0.25, -0.2) is 18.4 Å². The van der Waals surface area contributed by atoms with Crippen molar-refractivity contribution in [1.29, 1.82) is 0 Å². The molecular formula is C21H22F3N5O3S.